The van der Waals surface area contributed by atoms with Crippen molar-refractivity contribution >= 4 is 27.6 Å². The zero-order chi connectivity index (χ0) is 14.6. The molecule has 0 radical (unpaired) electrons. The van der Waals surface area contributed by atoms with E-state index in [0.29, 0.717) is 0 Å². The molecule has 19 heavy (non-hydrogen) atoms. The number of esters is 1. The summed E-state index contributed by atoms with van der Waals surface area (Å²) in [5.41, 5.74) is -0.594. The van der Waals surface area contributed by atoms with Crippen molar-refractivity contribution in [2.45, 2.75) is 26.1 Å². The molecule has 1 aromatic carbocycles. The minimum Gasteiger partial charge on any atom is -0.462 e. The van der Waals surface area contributed by atoms with E-state index < -0.39 is 17.7 Å². The first kappa shape index (κ1) is 15.8. The Morgan fingerprint density at radius 1 is 1.37 bits per heavy atom. The highest BCUT2D eigenvalue weighted by Gasteiger charge is 2.31. The SMILES string of the molecule is CC(C)OC(=O)CNc1cc(Br)cc(C(F)(F)F)c1. The van der Waals surface area contributed by atoms with Crippen molar-refractivity contribution < 1.29 is 22.7 Å². The van der Waals surface area contributed by atoms with E-state index in [4.69, 9.17) is 4.74 Å². The molecule has 0 aliphatic rings. The monoisotopic (exact) mass is 339 g/mol. The van der Waals surface area contributed by atoms with Crippen molar-refractivity contribution in [1.82, 2.24) is 0 Å². The molecule has 0 bridgehead atoms. The number of anilines is 1. The van der Waals surface area contributed by atoms with E-state index >= 15 is 0 Å². The molecule has 0 aromatic heterocycles. The van der Waals surface area contributed by atoms with E-state index in [2.05, 4.69) is 21.2 Å². The number of hydrogen-bond donors (Lipinski definition) is 1. The first-order chi connectivity index (χ1) is 8.68. The molecule has 0 saturated heterocycles. The van der Waals surface area contributed by atoms with Gasteiger partial charge in [0, 0.05) is 10.2 Å². The largest absolute Gasteiger partial charge is 0.462 e. The zero-order valence-electron chi connectivity index (χ0n) is 10.3. The third kappa shape index (κ3) is 5.50. The van der Waals surface area contributed by atoms with Gasteiger partial charge in [0.15, 0.2) is 0 Å². The molecule has 3 nitrogen and oxygen atoms in total. The number of carbonyl (C=O) groups excluding carboxylic acids is 1. The van der Waals surface area contributed by atoms with Crippen LogP contribution < -0.4 is 5.32 Å². The number of halogens is 4. The summed E-state index contributed by atoms with van der Waals surface area (Å²) < 4.78 is 42.9. The summed E-state index contributed by atoms with van der Waals surface area (Å²) in [6, 6.07) is 3.36. The maximum absolute atomic E-state index is 12.6. The Hall–Kier alpha value is -1.24. The van der Waals surface area contributed by atoms with Crippen molar-refractivity contribution in [2.75, 3.05) is 11.9 Å². The summed E-state index contributed by atoms with van der Waals surface area (Å²) in [5, 5.41) is 2.60. The van der Waals surface area contributed by atoms with Crippen LogP contribution >= 0.6 is 15.9 Å². The first-order valence-electron chi connectivity index (χ1n) is 5.49. The quantitative estimate of drug-likeness (QED) is 0.847. The van der Waals surface area contributed by atoms with Gasteiger partial charge in [-0.25, -0.2) is 0 Å². The van der Waals surface area contributed by atoms with E-state index in [1.807, 2.05) is 0 Å². The van der Waals surface area contributed by atoms with Crippen LogP contribution in [0, 0.1) is 0 Å². The van der Waals surface area contributed by atoms with Crippen LogP contribution in [0.1, 0.15) is 19.4 Å². The van der Waals surface area contributed by atoms with E-state index in [-0.39, 0.29) is 22.8 Å². The van der Waals surface area contributed by atoms with Gasteiger partial charge in [-0.1, -0.05) is 15.9 Å². The molecule has 0 atom stereocenters. The second kappa shape index (κ2) is 6.27. The Labute approximate surface area is 117 Å². The molecule has 0 heterocycles. The van der Waals surface area contributed by atoms with Gasteiger partial charge in [0.2, 0.25) is 0 Å². The van der Waals surface area contributed by atoms with Crippen LogP contribution in [0.2, 0.25) is 0 Å². The predicted octanol–water partition coefficient (Wildman–Crippen LogP) is 3.83. The maximum atomic E-state index is 12.6. The molecule has 0 saturated carbocycles. The number of nitrogens with one attached hydrogen (secondary N) is 1. The molecular weight excluding hydrogens is 327 g/mol. The normalized spacial score (nSPS) is 11.5. The van der Waals surface area contributed by atoms with Crippen molar-refractivity contribution in [3.63, 3.8) is 0 Å². The standard InChI is InChI=1S/C12H13BrF3NO2/c1-7(2)19-11(18)6-17-10-4-8(12(14,15)16)3-9(13)5-10/h3-5,7,17H,6H2,1-2H3. The fourth-order valence-electron chi connectivity index (χ4n) is 1.33. The third-order valence-corrected chi connectivity index (χ3v) is 2.49. The molecule has 1 rings (SSSR count). The third-order valence-electron chi connectivity index (χ3n) is 2.03. The van der Waals surface area contributed by atoms with Crippen LogP contribution in [0.5, 0.6) is 0 Å². The molecule has 0 spiro atoms. The molecule has 0 unspecified atom stereocenters. The topological polar surface area (TPSA) is 38.3 Å². The van der Waals surface area contributed by atoms with Crippen LogP contribution in [-0.4, -0.2) is 18.6 Å². The van der Waals surface area contributed by atoms with Crippen molar-refractivity contribution in [2.24, 2.45) is 0 Å². The molecule has 1 aromatic rings. The number of hydrogen-bond acceptors (Lipinski definition) is 3. The lowest BCUT2D eigenvalue weighted by molar-refractivity contribution is -0.145. The smallest absolute Gasteiger partial charge is 0.416 e. The summed E-state index contributed by atoms with van der Waals surface area (Å²) >= 11 is 3.00. The van der Waals surface area contributed by atoms with E-state index in [1.165, 1.54) is 6.07 Å². The molecule has 0 aliphatic heterocycles. The number of alkyl halides is 3. The number of ether oxygens (including phenoxy) is 1. The molecule has 0 fully saturated rings. The lowest BCUT2D eigenvalue weighted by Gasteiger charge is -2.12. The van der Waals surface area contributed by atoms with Gasteiger partial charge in [0.25, 0.3) is 0 Å². The fourth-order valence-corrected chi connectivity index (χ4v) is 1.83. The molecule has 106 valence electrons. The van der Waals surface area contributed by atoms with Gasteiger partial charge < -0.3 is 10.1 Å². The van der Waals surface area contributed by atoms with Crippen molar-refractivity contribution in [3.8, 4) is 0 Å². The minimum atomic E-state index is -4.43. The number of rotatable bonds is 4. The van der Waals surface area contributed by atoms with Gasteiger partial charge in [-0.2, -0.15) is 13.2 Å². The number of benzene rings is 1. The van der Waals surface area contributed by atoms with E-state index in [1.54, 1.807) is 13.8 Å². The second-order valence-corrected chi connectivity index (χ2v) is 5.03. The summed E-state index contributed by atoms with van der Waals surface area (Å²) in [6.45, 7) is 3.20. The zero-order valence-corrected chi connectivity index (χ0v) is 11.9. The van der Waals surface area contributed by atoms with Crippen LogP contribution in [0.15, 0.2) is 22.7 Å². The van der Waals surface area contributed by atoms with Gasteiger partial charge >= 0.3 is 12.1 Å². The van der Waals surface area contributed by atoms with Crippen LogP contribution in [-0.2, 0) is 15.7 Å². The van der Waals surface area contributed by atoms with Crippen LogP contribution in [0.4, 0.5) is 18.9 Å². The Kier molecular flexibility index (Phi) is 5.22. The Balaban J connectivity index is 2.74. The summed E-state index contributed by atoms with van der Waals surface area (Å²) in [5.74, 6) is -0.525. The molecule has 0 aliphatic carbocycles. The highest BCUT2D eigenvalue weighted by Crippen LogP contribution is 2.33. The van der Waals surface area contributed by atoms with Crippen LogP contribution in [0.25, 0.3) is 0 Å². The van der Waals surface area contributed by atoms with Gasteiger partial charge in [-0.05, 0) is 32.0 Å². The molecular formula is C12H13BrF3NO2. The van der Waals surface area contributed by atoms with Gasteiger partial charge in [0.05, 0.1) is 11.7 Å². The summed E-state index contributed by atoms with van der Waals surface area (Å²) in [4.78, 5) is 11.3. The van der Waals surface area contributed by atoms with E-state index in [9.17, 15) is 18.0 Å². The number of carbonyl (C=O) groups is 1. The minimum absolute atomic E-state index is 0.189. The second-order valence-electron chi connectivity index (χ2n) is 4.12. The predicted molar refractivity (Wildman–Crippen MR) is 68.9 cm³/mol. The van der Waals surface area contributed by atoms with Crippen molar-refractivity contribution in [1.29, 1.82) is 0 Å². The van der Waals surface area contributed by atoms with Crippen molar-refractivity contribution in [3.05, 3.63) is 28.2 Å². The molecule has 1 N–H and O–H groups in total. The maximum Gasteiger partial charge on any atom is 0.416 e. The van der Waals surface area contributed by atoms with E-state index in [0.717, 1.165) is 12.1 Å². The van der Waals surface area contributed by atoms with Gasteiger partial charge in [0.1, 0.15) is 6.54 Å². The molecule has 7 heteroatoms. The fraction of sp³-hybridized carbons (Fsp3) is 0.417. The Morgan fingerprint density at radius 3 is 2.53 bits per heavy atom. The average molecular weight is 340 g/mol. The van der Waals surface area contributed by atoms with Gasteiger partial charge in [-0.3, -0.25) is 4.79 Å². The highest BCUT2D eigenvalue weighted by molar-refractivity contribution is 9.10. The molecule has 0 amide bonds. The summed E-state index contributed by atoms with van der Waals surface area (Å²) in [7, 11) is 0. The highest BCUT2D eigenvalue weighted by atomic mass is 79.9. The Bertz CT molecular complexity index is 461. The average Bonchev–Trinajstić information content (AvgIpc) is 2.23. The first-order valence-corrected chi connectivity index (χ1v) is 6.29. The Morgan fingerprint density at radius 2 is 2.00 bits per heavy atom. The van der Waals surface area contributed by atoms with Gasteiger partial charge in [-0.15, -0.1) is 0 Å². The summed E-state index contributed by atoms with van der Waals surface area (Å²) in [6.07, 6.45) is -4.69. The lowest BCUT2D eigenvalue weighted by atomic mass is 10.2. The van der Waals surface area contributed by atoms with Crippen LogP contribution in [0.3, 0.4) is 0 Å². The lowest BCUT2D eigenvalue weighted by Crippen LogP contribution is -2.20.